The van der Waals surface area contributed by atoms with Crippen molar-refractivity contribution in [3.8, 4) is 0 Å². The highest BCUT2D eigenvalue weighted by Crippen LogP contribution is 2.21. The van der Waals surface area contributed by atoms with E-state index in [1.165, 1.54) is 0 Å². The van der Waals surface area contributed by atoms with Crippen molar-refractivity contribution >= 4 is 5.97 Å². The second-order valence-electron chi connectivity index (χ2n) is 4.12. The van der Waals surface area contributed by atoms with Crippen LogP contribution in [0.4, 0.5) is 0 Å². The molecule has 3 unspecified atom stereocenters. The molecular formula is C12H23O3. The van der Waals surface area contributed by atoms with E-state index in [2.05, 4.69) is 0 Å². The number of carboxylic acid groups (broad SMARTS) is 1. The second kappa shape index (κ2) is 7.69. The van der Waals surface area contributed by atoms with Crippen LogP contribution in [0.25, 0.3) is 0 Å². The minimum atomic E-state index is -0.754. The fraction of sp³-hybridized carbons (Fsp3) is 0.833. The minimum absolute atomic E-state index is 0.168. The Bertz CT molecular complexity index is 180. The molecule has 2 N–H and O–H groups in total. The average Bonchev–Trinajstić information content (AvgIpc) is 2.22. The molecule has 0 fully saturated rings. The van der Waals surface area contributed by atoms with Crippen LogP contribution < -0.4 is 0 Å². The van der Waals surface area contributed by atoms with Gasteiger partial charge in [0.15, 0.2) is 0 Å². The number of carbonyl (C=O) groups is 1. The van der Waals surface area contributed by atoms with Gasteiger partial charge in [-0.1, -0.05) is 27.2 Å². The standard InChI is InChI=1S/C12H23O3/c1-4-9(3)11(12(14)15)8-6-7-10(13)5-2/h8-11,13H,4-7H2,1-3H3,(H,14,15). The van der Waals surface area contributed by atoms with Gasteiger partial charge in [-0.3, -0.25) is 4.79 Å². The Morgan fingerprint density at radius 2 is 1.93 bits per heavy atom. The quantitative estimate of drug-likeness (QED) is 0.654. The normalized spacial score (nSPS) is 17.1. The highest BCUT2D eigenvalue weighted by Gasteiger charge is 2.23. The minimum Gasteiger partial charge on any atom is -0.481 e. The molecule has 0 heterocycles. The summed E-state index contributed by atoms with van der Waals surface area (Å²) in [4.78, 5) is 11.0. The summed E-state index contributed by atoms with van der Waals surface area (Å²) >= 11 is 0. The first-order valence-electron chi connectivity index (χ1n) is 5.77. The second-order valence-corrected chi connectivity index (χ2v) is 4.12. The van der Waals surface area contributed by atoms with Crippen molar-refractivity contribution in [2.24, 2.45) is 11.8 Å². The molecule has 0 amide bonds. The molecule has 0 aromatic rings. The van der Waals surface area contributed by atoms with Gasteiger partial charge in [0.1, 0.15) is 0 Å². The first-order chi connectivity index (χ1) is 7.02. The summed E-state index contributed by atoms with van der Waals surface area (Å²) in [6, 6.07) is 0. The summed E-state index contributed by atoms with van der Waals surface area (Å²) in [6.07, 6.45) is 4.47. The Morgan fingerprint density at radius 3 is 2.33 bits per heavy atom. The van der Waals surface area contributed by atoms with Gasteiger partial charge in [-0.15, -0.1) is 0 Å². The molecule has 3 heteroatoms. The maximum Gasteiger partial charge on any atom is 0.307 e. The van der Waals surface area contributed by atoms with E-state index in [1.807, 2.05) is 27.2 Å². The summed E-state index contributed by atoms with van der Waals surface area (Å²) in [6.45, 7) is 5.87. The fourth-order valence-electron chi connectivity index (χ4n) is 1.50. The van der Waals surface area contributed by atoms with Crippen molar-refractivity contribution in [1.82, 2.24) is 0 Å². The molecule has 0 bridgehead atoms. The molecule has 0 aliphatic rings. The van der Waals surface area contributed by atoms with E-state index in [4.69, 9.17) is 5.11 Å². The maximum absolute atomic E-state index is 11.0. The molecule has 0 spiro atoms. The van der Waals surface area contributed by atoms with Crippen LogP contribution in [-0.2, 0) is 4.79 Å². The summed E-state index contributed by atoms with van der Waals surface area (Å²) in [5, 5.41) is 18.3. The van der Waals surface area contributed by atoms with Gasteiger partial charge in [-0.05, 0) is 31.6 Å². The molecule has 0 aromatic heterocycles. The van der Waals surface area contributed by atoms with Crippen LogP contribution in [0.2, 0.25) is 0 Å². The highest BCUT2D eigenvalue weighted by molar-refractivity contribution is 5.71. The zero-order valence-electron chi connectivity index (χ0n) is 9.94. The van der Waals surface area contributed by atoms with E-state index >= 15 is 0 Å². The van der Waals surface area contributed by atoms with Crippen molar-refractivity contribution in [3.05, 3.63) is 6.42 Å². The predicted molar refractivity (Wildman–Crippen MR) is 60.4 cm³/mol. The van der Waals surface area contributed by atoms with Gasteiger partial charge in [0.25, 0.3) is 0 Å². The van der Waals surface area contributed by atoms with Gasteiger partial charge in [0, 0.05) is 0 Å². The molecule has 3 atom stereocenters. The van der Waals surface area contributed by atoms with Gasteiger partial charge >= 0.3 is 5.97 Å². The van der Waals surface area contributed by atoms with Crippen LogP contribution in [0.3, 0.4) is 0 Å². The molecule has 0 aliphatic carbocycles. The van der Waals surface area contributed by atoms with Crippen molar-refractivity contribution in [2.75, 3.05) is 0 Å². The van der Waals surface area contributed by atoms with Gasteiger partial charge in [0.2, 0.25) is 0 Å². The Hall–Kier alpha value is -0.570. The summed E-state index contributed by atoms with van der Waals surface area (Å²) < 4.78 is 0. The lowest BCUT2D eigenvalue weighted by molar-refractivity contribution is -0.142. The number of aliphatic carboxylic acids is 1. The fourth-order valence-corrected chi connectivity index (χ4v) is 1.50. The molecule has 3 nitrogen and oxygen atoms in total. The lowest BCUT2D eigenvalue weighted by Crippen LogP contribution is -2.22. The van der Waals surface area contributed by atoms with Crippen LogP contribution in [0.1, 0.15) is 46.5 Å². The molecule has 0 rings (SSSR count). The Morgan fingerprint density at radius 1 is 1.33 bits per heavy atom. The smallest absolute Gasteiger partial charge is 0.307 e. The van der Waals surface area contributed by atoms with Crippen LogP contribution in [0.15, 0.2) is 0 Å². The van der Waals surface area contributed by atoms with Gasteiger partial charge in [0.05, 0.1) is 12.0 Å². The zero-order valence-corrected chi connectivity index (χ0v) is 9.94. The number of aliphatic hydroxyl groups is 1. The first-order valence-corrected chi connectivity index (χ1v) is 5.77. The Labute approximate surface area is 92.5 Å². The third-order valence-electron chi connectivity index (χ3n) is 2.93. The van der Waals surface area contributed by atoms with E-state index in [-0.39, 0.29) is 17.9 Å². The van der Waals surface area contributed by atoms with Gasteiger partial charge in [-0.2, -0.15) is 0 Å². The third-order valence-corrected chi connectivity index (χ3v) is 2.93. The Balaban J connectivity index is 3.92. The van der Waals surface area contributed by atoms with Crippen molar-refractivity contribution in [3.63, 3.8) is 0 Å². The molecule has 0 saturated carbocycles. The number of hydrogen-bond donors (Lipinski definition) is 2. The summed E-state index contributed by atoms with van der Waals surface area (Å²) in [5.74, 6) is -0.962. The van der Waals surface area contributed by atoms with Gasteiger partial charge < -0.3 is 10.2 Å². The number of carboxylic acids is 1. The molecule has 0 aliphatic heterocycles. The van der Waals surface area contributed by atoms with E-state index < -0.39 is 5.97 Å². The van der Waals surface area contributed by atoms with E-state index in [0.717, 1.165) is 12.8 Å². The average molecular weight is 215 g/mol. The number of aliphatic hydroxyl groups excluding tert-OH is 1. The van der Waals surface area contributed by atoms with Gasteiger partial charge in [-0.25, -0.2) is 0 Å². The largest absolute Gasteiger partial charge is 0.481 e. The van der Waals surface area contributed by atoms with E-state index in [9.17, 15) is 9.90 Å². The molecule has 15 heavy (non-hydrogen) atoms. The van der Waals surface area contributed by atoms with Crippen molar-refractivity contribution in [1.29, 1.82) is 0 Å². The van der Waals surface area contributed by atoms with Crippen LogP contribution in [0, 0.1) is 18.3 Å². The van der Waals surface area contributed by atoms with E-state index in [1.54, 1.807) is 0 Å². The monoisotopic (exact) mass is 215 g/mol. The number of hydrogen-bond acceptors (Lipinski definition) is 2. The van der Waals surface area contributed by atoms with Crippen LogP contribution in [0.5, 0.6) is 0 Å². The SMILES string of the molecule is CCC(O)CC[CH]C(C(=O)O)C(C)CC. The molecule has 0 aromatic carbocycles. The molecule has 89 valence electrons. The predicted octanol–water partition coefficient (Wildman–Crippen LogP) is 2.49. The van der Waals surface area contributed by atoms with Crippen LogP contribution >= 0.6 is 0 Å². The molecular weight excluding hydrogens is 192 g/mol. The summed E-state index contributed by atoms with van der Waals surface area (Å²) in [7, 11) is 0. The molecule has 0 saturated heterocycles. The van der Waals surface area contributed by atoms with E-state index in [0.29, 0.717) is 12.8 Å². The molecule has 1 radical (unpaired) electrons. The Kier molecular flexibility index (Phi) is 7.39. The lowest BCUT2D eigenvalue weighted by atomic mass is 9.87. The maximum atomic E-state index is 11.0. The van der Waals surface area contributed by atoms with Crippen molar-refractivity contribution < 1.29 is 15.0 Å². The lowest BCUT2D eigenvalue weighted by Gasteiger charge is -2.18. The third kappa shape index (κ3) is 5.78. The number of rotatable bonds is 8. The highest BCUT2D eigenvalue weighted by atomic mass is 16.4. The summed E-state index contributed by atoms with van der Waals surface area (Å²) in [5.41, 5.74) is 0. The topological polar surface area (TPSA) is 57.5 Å². The van der Waals surface area contributed by atoms with Crippen LogP contribution in [-0.4, -0.2) is 22.3 Å². The zero-order chi connectivity index (χ0) is 11.8. The van der Waals surface area contributed by atoms with Crippen molar-refractivity contribution in [2.45, 2.75) is 52.6 Å². The first kappa shape index (κ1) is 14.4.